The van der Waals surface area contributed by atoms with Gasteiger partial charge in [0.05, 0.1) is 11.9 Å². The van der Waals surface area contributed by atoms with Crippen LogP contribution in [0, 0.1) is 0 Å². The number of benzene rings is 1. The van der Waals surface area contributed by atoms with Gasteiger partial charge < -0.3 is 4.74 Å². The van der Waals surface area contributed by atoms with Crippen molar-refractivity contribution in [2.45, 2.75) is 20.5 Å². The molecule has 0 atom stereocenters. The molecule has 21 heavy (non-hydrogen) atoms. The molecule has 1 N–H and O–H groups in total. The first-order valence-corrected chi connectivity index (χ1v) is 6.67. The molecule has 0 aliphatic heterocycles. The van der Waals surface area contributed by atoms with Crippen LogP contribution < -0.4 is 5.32 Å². The van der Waals surface area contributed by atoms with Gasteiger partial charge in [0.25, 0.3) is 0 Å². The molecule has 0 spiro atoms. The Morgan fingerprint density at radius 2 is 1.90 bits per heavy atom. The lowest BCUT2D eigenvalue weighted by Gasteiger charge is -2.06. The van der Waals surface area contributed by atoms with E-state index in [1.807, 2.05) is 44.2 Å². The van der Waals surface area contributed by atoms with Gasteiger partial charge in [0.1, 0.15) is 12.3 Å². The average molecular weight is 286 g/mol. The molecule has 0 saturated carbocycles. The third kappa shape index (κ3) is 5.86. The molecule has 0 fully saturated rings. The third-order valence-electron chi connectivity index (χ3n) is 2.37. The molecule has 0 aliphatic carbocycles. The minimum Gasteiger partial charge on any atom is -0.444 e. The maximum absolute atomic E-state index is 11.5. The molecule has 110 valence electrons. The van der Waals surface area contributed by atoms with E-state index in [1.54, 1.807) is 6.07 Å². The van der Waals surface area contributed by atoms with E-state index >= 15 is 0 Å². The molecule has 0 unspecified atom stereocenters. The number of ether oxygens (including phenoxy) is 1. The number of anilines is 1. The Hall–Kier alpha value is -2.69. The largest absolute Gasteiger partial charge is 0.444 e. The van der Waals surface area contributed by atoms with Gasteiger partial charge in [-0.2, -0.15) is 0 Å². The van der Waals surface area contributed by atoms with Gasteiger partial charge in [0.15, 0.2) is 6.29 Å². The SMILES string of the molecule is CC.O=Cc1ccc(NC(=O)OCc2ccccc2)cn1. The Balaban J connectivity index is 0.00000106. The molecular weight excluding hydrogens is 268 g/mol. The molecule has 1 amide bonds. The van der Waals surface area contributed by atoms with Gasteiger partial charge in [0.2, 0.25) is 0 Å². The number of aldehydes is 1. The zero-order valence-corrected chi connectivity index (χ0v) is 12.1. The second-order valence-electron chi connectivity index (χ2n) is 3.78. The molecule has 1 aromatic heterocycles. The predicted molar refractivity (Wildman–Crippen MR) is 81.2 cm³/mol. The Morgan fingerprint density at radius 3 is 2.48 bits per heavy atom. The van der Waals surface area contributed by atoms with Crippen molar-refractivity contribution in [3.63, 3.8) is 0 Å². The molecule has 0 saturated heterocycles. The fourth-order valence-electron chi connectivity index (χ4n) is 1.43. The summed E-state index contributed by atoms with van der Waals surface area (Å²) in [5.41, 5.74) is 1.69. The molecule has 0 bridgehead atoms. The summed E-state index contributed by atoms with van der Waals surface area (Å²) in [5, 5.41) is 2.52. The summed E-state index contributed by atoms with van der Waals surface area (Å²) in [6.07, 6.45) is 1.47. The van der Waals surface area contributed by atoms with E-state index in [1.165, 1.54) is 12.3 Å². The van der Waals surface area contributed by atoms with Gasteiger partial charge in [-0.05, 0) is 17.7 Å². The summed E-state index contributed by atoms with van der Waals surface area (Å²) < 4.78 is 5.04. The monoisotopic (exact) mass is 286 g/mol. The van der Waals surface area contributed by atoms with Crippen LogP contribution in [-0.2, 0) is 11.3 Å². The maximum atomic E-state index is 11.5. The lowest BCUT2D eigenvalue weighted by atomic mass is 10.2. The number of aromatic nitrogens is 1. The Kier molecular flexibility index (Phi) is 7.21. The number of hydrogen-bond donors (Lipinski definition) is 1. The van der Waals surface area contributed by atoms with Crippen LogP contribution in [0.5, 0.6) is 0 Å². The highest BCUT2D eigenvalue weighted by atomic mass is 16.5. The number of pyridine rings is 1. The van der Waals surface area contributed by atoms with Crippen molar-refractivity contribution < 1.29 is 14.3 Å². The van der Waals surface area contributed by atoms with Crippen LogP contribution in [0.3, 0.4) is 0 Å². The summed E-state index contributed by atoms with van der Waals surface area (Å²) in [4.78, 5) is 25.8. The molecule has 1 heterocycles. The number of nitrogens with zero attached hydrogens (tertiary/aromatic N) is 1. The van der Waals surface area contributed by atoms with E-state index in [-0.39, 0.29) is 6.61 Å². The molecule has 5 nitrogen and oxygen atoms in total. The Bertz CT molecular complexity index is 553. The minimum absolute atomic E-state index is 0.201. The van der Waals surface area contributed by atoms with E-state index in [0.29, 0.717) is 17.7 Å². The maximum Gasteiger partial charge on any atom is 0.412 e. The quantitative estimate of drug-likeness (QED) is 0.871. The van der Waals surface area contributed by atoms with Crippen molar-refractivity contribution in [3.05, 3.63) is 59.9 Å². The van der Waals surface area contributed by atoms with Crippen LogP contribution in [0.1, 0.15) is 29.9 Å². The molecule has 2 rings (SSSR count). The second kappa shape index (κ2) is 9.25. The van der Waals surface area contributed by atoms with Gasteiger partial charge in [-0.3, -0.25) is 15.1 Å². The van der Waals surface area contributed by atoms with Gasteiger partial charge in [0, 0.05) is 0 Å². The van der Waals surface area contributed by atoms with Crippen LogP contribution in [0.25, 0.3) is 0 Å². The van der Waals surface area contributed by atoms with Crippen molar-refractivity contribution in [3.8, 4) is 0 Å². The summed E-state index contributed by atoms with van der Waals surface area (Å²) >= 11 is 0. The number of carbonyl (C=O) groups is 2. The fourth-order valence-corrected chi connectivity index (χ4v) is 1.43. The lowest BCUT2D eigenvalue weighted by Crippen LogP contribution is -2.13. The topological polar surface area (TPSA) is 68.3 Å². The van der Waals surface area contributed by atoms with Crippen LogP contribution in [0.15, 0.2) is 48.7 Å². The molecule has 2 aromatic rings. The van der Waals surface area contributed by atoms with Crippen molar-refractivity contribution >= 4 is 18.1 Å². The standard InChI is InChI=1S/C14H12N2O3.C2H6/c17-9-13-7-6-12(8-15-13)16-14(18)19-10-11-4-2-1-3-5-11;1-2/h1-9H,10H2,(H,16,18);1-2H3. The molecule has 0 radical (unpaired) electrons. The first-order valence-electron chi connectivity index (χ1n) is 6.67. The van der Waals surface area contributed by atoms with E-state index in [4.69, 9.17) is 4.74 Å². The molecule has 0 aliphatic rings. The Morgan fingerprint density at radius 1 is 1.19 bits per heavy atom. The van der Waals surface area contributed by atoms with E-state index in [0.717, 1.165) is 5.56 Å². The van der Waals surface area contributed by atoms with Crippen molar-refractivity contribution in [1.82, 2.24) is 4.98 Å². The van der Waals surface area contributed by atoms with E-state index in [2.05, 4.69) is 10.3 Å². The second-order valence-corrected chi connectivity index (χ2v) is 3.78. The van der Waals surface area contributed by atoms with Crippen molar-refractivity contribution in [2.24, 2.45) is 0 Å². The number of carbonyl (C=O) groups excluding carboxylic acids is 2. The summed E-state index contributed by atoms with van der Waals surface area (Å²) in [7, 11) is 0. The van der Waals surface area contributed by atoms with Gasteiger partial charge in [-0.1, -0.05) is 44.2 Å². The number of nitrogens with one attached hydrogen (secondary N) is 1. The zero-order valence-electron chi connectivity index (χ0n) is 12.1. The van der Waals surface area contributed by atoms with E-state index < -0.39 is 6.09 Å². The number of rotatable bonds is 4. The Labute approximate surface area is 124 Å². The fraction of sp³-hybridized carbons (Fsp3) is 0.188. The summed E-state index contributed by atoms with van der Waals surface area (Å²) in [6.45, 7) is 4.20. The predicted octanol–water partition coefficient (Wildman–Crippen LogP) is 3.67. The average Bonchev–Trinajstić information content (AvgIpc) is 2.56. The van der Waals surface area contributed by atoms with Crippen molar-refractivity contribution in [1.29, 1.82) is 0 Å². The van der Waals surface area contributed by atoms with Crippen LogP contribution in [-0.4, -0.2) is 17.4 Å². The lowest BCUT2D eigenvalue weighted by molar-refractivity contribution is 0.111. The number of amides is 1. The highest BCUT2D eigenvalue weighted by Gasteiger charge is 2.04. The highest BCUT2D eigenvalue weighted by molar-refractivity contribution is 5.84. The first kappa shape index (κ1) is 16.4. The van der Waals surface area contributed by atoms with Crippen molar-refractivity contribution in [2.75, 3.05) is 5.32 Å². The van der Waals surface area contributed by atoms with Gasteiger partial charge in [-0.25, -0.2) is 4.79 Å². The van der Waals surface area contributed by atoms with Crippen LogP contribution in [0.4, 0.5) is 10.5 Å². The first-order chi connectivity index (χ1) is 10.3. The van der Waals surface area contributed by atoms with Gasteiger partial charge >= 0.3 is 6.09 Å². The smallest absolute Gasteiger partial charge is 0.412 e. The van der Waals surface area contributed by atoms with Crippen LogP contribution in [0.2, 0.25) is 0 Å². The summed E-state index contributed by atoms with van der Waals surface area (Å²) in [5.74, 6) is 0. The normalized spacial score (nSPS) is 9.05. The molecular formula is C16H18N2O3. The highest BCUT2D eigenvalue weighted by Crippen LogP contribution is 2.07. The molecule has 5 heteroatoms. The van der Waals surface area contributed by atoms with Crippen LogP contribution >= 0.6 is 0 Å². The van der Waals surface area contributed by atoms with E-state index in [9.17, 15) is 9.59 Å². The minimum atomic E-state index is -0.565. The zero-order chi connectivity index (χ0) is 15.5. The van der Waals surface area contributed by atoms with Gasteiger partial charge in [-0.15, -0.1) is 0 Å². The number of hydrogen-bond acceptors (Lipinski definition) is 4. The molecule has 1 aromatic carbocycles. The third-order valence-corrected chi connectivity index (χ3v) is 2.37. The summed E-state index contributed by atoms with van der Waals surface area (Å²) in [6, 6.07) is 12.5.